The lowest BCUT2D eigenvalue weighted by Crippen LogP contribution is -2.44. The molecule has 0 aromatic heterocycles. The van der Waals surface area contributed by atoms with Crippen LogP contribution in [0.5, 0.6) is 0 Å². The molecule has 110 valence electrons. The topological polar surface area (TPSA) is 35.6 Å². The molecular formula is C12H20F3N3O. The smallest absolute Gasteiger partial charge is 0.340 e. The maximum atomic E-state index is 12.0. The van der Waals surface area contributed by atoms with E-state index in [0.29, 0.717) is 25.2 Å². The SMILES string of the molecule is CN1C2CCC1CN(C(=O)CNCC(F)(F)F)CC2. The van der Waals surface area contributed by atoms with E-state index in [1.54, 1.807) is 4.90 Å². The number of nitrogens with one attached hydrogen (secondary N) is 1. The molecule has 1 amide bonds. The van der Waals surface area contributed by atoms with Crippen molar-refractivity contribution in [3.63, 3.8) is 0 Å². The summed E-state index contributed by atoms with van der Waals surface area (Å²) in [6.07, 6.45) is -1.12. The molecule has 2 saturated heterocycles. The second-order valence-electron chi connectivity index (χ2n) is 5.40. The fourth-order valence-electron chi connectivity index (χ4n) is 2.96. The van der Waals surface area contributed by atoms with Crippen LogP contribution in [0.3, 0.4) is 0 Å². The van der Waals surface area contributed by atoms with Crippen LogP contribution in [0.1, 0.15) is 19.3 Å². The molecule has 0 aromatic rings. The summed E-state index contributed by atoms with van der Waals surface area (Å²) in [6.45, 7) is -0.0588. The fraction of sp³-hybridized carbons (Fsp3) is 0.917. The van der Waals surface area contributed by atoms with E-state index in [1.807, 2.05) is 0 Å². The number of hydrogen-bond acceptors (Lipinski definition) is 3. The molecule has 2 rings (SSSR count). The van der Waals surface area contributed by atoms with E-state index < -0.39 is 12.7 Å². The van der Waals surface area contributed by atoms with Gasteiger partial charge in [0.05, 0.1) is 13.1 Å². The third-order valence-electron chi connectivity index (χ3n) is 4.10. The Balaban J connectivity index is 1.80. The lowest BCUT2D eigenvalue weighted by Gasteiger charge is -2.26. The average molecular weight is 279 g/mol. The van der Waals surface area contributed by atoms with Crippen LogP contribution in [0, 0.1) is 0 Å². The Morgan fingerprint density at radius 2 is 1.95 bits per heavy atom. The van der Waals surface area contributed by atoms with Gasteiger partial charge in [0.1, 0.15) is 0 Å². The van der Waals surface area contributed by atoms with Gasteiger partial charge in [-0.1, -0.05) is 0 Å². The van der Waals surface area contributed by atoms with Crippen molar-refractivity contribution in [3.8, 4) is 0 Å². The van der Waals surface area contributed by atoms with E-state index in [9.17, 15) is 18.0 Å². The molecule has 0 saturated carbocycles. The lowest BCUT2D eigenvalue weighted by atomic mass is 10.1. The zero-order chi connectivity index (χ0) is 14.0. The molecule has 0 radical (unpaired) electrons. The van der Waals surface area contributed by atoms with Crippen molar-refractivity contribution in [2.45, 2.75) is 37.5 Å². The summed E-state index contributed by atoms with van der Waals surface area (Å²) in [5, 5.41) is 2.17. The molecule has 0 spiro atoms. The molecule has 19 heavy (non-hydrogen) atoms. The van der Waals surface area contributed by atoms with Crippen LogP contribution in [0.4, 0.5) is 13.2 Å². The molecule has 7 heteroatoms. The van der Waals surface area contributed by atoms with Gasteiger partial charge >= 0.3 is 6.18 Å². The van der Waals surface area contributed by atoms with Gasteiger partial charge in [-0.25, -0.2) is 0 Å². The van der Waals surface area contributed by atoms with Crippen LogP contribution >= 0.6 is 0 Å². The first-order chi connectivity index (χ1) is 8.87. The van der Waals surface area contributed by atoms with Crippen molar-refractivity contribution >= 4 is 5.91 Å². The standard InChI is InChI=1S/C12H20F3N3O/c1-17-9-2-3-10(17)7-18(5-4-9)11(19)6-16-8-12(13,14)15/h9-10,16H,2-8H2,1H3. The van der Waals surface area contributed by atoms with Gasteiger partial charge in [0.25, 0.3) is 0 Å². The maximum absolute atomic E-state index is 12.0. The van der Waals surface area contributed by atoms with Gasteiger partial charge in [0.15, 0.2) is 0 Å². The normalized spacial score (nSPS) is 28.5. The molecule has 2 atom stereocenters. The first kappa shape index (κ1) is 14.6. The first-order valence-corrected chi connectivity index (χ1v) is 6.64. The molecule has 2 fully saturated rings. The lowest BCUT2D eigenvalue weighted by molar-refractivity contribution is -0.134. The molecular weight excluding hydrogens is 259 g/mol. The number of carbonyl (C=O) groups excluding carboxylic acids is 1. The van der Waals surface area contributed by atoms with Crippen molar-refractivity contribution in [2.24, 2.45) is 0 Å². The van der Waals surface area contributed by atoms with E-state index in [0.717, 1.165) is 19.3 Å². The second kappa shape index (κ2) is 5.66. The Labute approximate surface area is 110 Å². The highest BCUT2D eigenvalue weighted by molar-refractivity contribution is 5.78. The Morgan fingerprint density at radius 1 is 1.26 bits per heavy atom. The Morgan fingerprint density at radius 3 is 2.63 bits per heavy atom. The molecule has 2 heterocycles. The van der Waals surface area contributed by atoms with E-state index in [2.05, 4.69) is 17.3 Å². The van der Waals surface area contributed by atoms with Crippen molar-refractivity contribution in [1.82, 2.24) is 15.1 Å². The zero-order valence-corrected chi connectivity index (χ0v) is 11.0. The van der Waals surface area contributed by atoms with Crippen LogP contribution < -0.4 is 5.32 Å². The van der Waals surface area contributed by atoms with Gasteiger partial charge in [0.2, 0.25) is 5.91 Å². The number of hydrogen-bond donors (Lipinski definition) is 1. The highest BCUT2D eigenvalue weighted by atomic mass is 19.4. The van der Waals surface area contributed by atoms with Crippen molar-refractivity contribution < 1.29 is 18.0 Å². The number of likely N-dealkylation sites (tertiary alicyclic amines) is 1. The third-order valence-corrected chi connectivity index (χ3v) is 4.10. The molecule has 0 aromatic carbocycles. The second-order valence-corrected chi connectivity index (χ2v) is 5.40. The number of alkyl halides is 3. The fourth-order valence-corrected chi connectivity index (χ4v) is 2.96. The third kappa shape index (κ3) is 3.82. The molecule has 2 aliphatic heterocycles. The quantitative estimate of drug-likeness (QED) is 0.831. The van der Waals surface area contributed by atoms with E-state index >= 15 is 0 Å². The molecule has 4 nitrogen and oxygen atoms in total. The van der Waals surface area contributed by atoms with Crippen molar-refractivity contribution in [1.29, 1.82) is 0 Å². The minimum Gasteiger partial charge on any atom is -0.340 e. The molecule has 2 unspecified atom stereocenters. The monoisotopic (exact) mass is 279 g/mol. The molecule has 1 N–H and O–H groups in total. The summed E-state index contributed by atoms with van der Waals surface area (Å²) in [5.41, 5.74) is 0. The van der Waals surface area contributed by atoms with Gasteiger partial charge < -0.3 is 10.2 Å². The number of carbonyl (C=O) groups is 1. The van der Waals surface area contributed by atoms with Crippen LogP contribution in [0.2, 0.25) is 0 Å². The van der Waals surface area contributed by atoms with E-state index in [1.165, 1.54) is 0 Å². The predicted molar refractivity (Wildman–Crippen MR) is 64.7 cm³/mol. The van der Waals surface area contributed by atoms with Crippen LogP contribution in [-0.2, 0) is 4.79 Å². The van der Waals surface area contributed by atoms with E-state index in [-0.39, 0.29) is 12.5 Å². The Bertz CT molecular complexity index is 335. The van der Waals surface area contributed by atoms with Crippen LogP contribution in [0.15, 0.2) is 0 Å². The largest absolute Gasteiger partial charge is 0.401 e. The van der Waals surface area contributed by atoms with Crippen molar-refractivity contribution in [2.75, 3.05) is 33.2 Å². The number of likely N-dealkylation sites (N-methyl/N-ethyl adjacent to an activating group) is 1. The Kier molecular flexibility index (Phi) is 4.35. The number of nitrogens with zero attached hydrogens (tertiary/aromatic N) is 2. The first-order valence-electron chi connectivity index (χ1n) is 6.64. The summed E-state index contributed by atoms with van der Waals surface area (Å²) < 4.78 is 36.0. The highest BCUT2D eigenvalue weighted by Gasteiger charge is 2.36. The van der Waals surface area contributed by atoms with Crippen LogP contribution in [-0.4, -0.2) is 67.2 Å². The van der Waals surface area contributed by atoms with Crippen LogP contribution in [0.25, 0.3) is 0 Å². The zero-order valence-electron chi connectivity index (χ0n) is 11.0. The Hall–Kier alpha value is -0.820. The summed E-state index contributed by atoms with van der Waals surface area (Å²) in [5.74, 6) is -0.231. The minimum absolute atomic E-state index is 0.231. The van der Waals surface area contributed by atoms with E-state index in [4.69, 9.17) is 0 Å². The summed E-state index contributed by atoms with van der Waals surface area (Å²) in [4.78, 5) is 15.9. The molecule has 2 aliphatic rings. The van der Waals surface area contributed by atoms with Gasteiger partial charge in [-0.05, 0) is 26.3 Å². The van der Waals surface area contributed by atoms with Gasteiger partial charge in [-0.15, -0.1) is 0 Å². The van der Waals surface area contributed by atoms with Crippen molar-refractivity contribution in [3.05, 3.63) is 0 Å². The summed E-state index contributed by atoms with van der Waals surface area (Å²) in [6, 6.07) is 0.880. The number of amides is 1. The minimum atomic E-state index is -4.27. The van der Waals surface area contributed by atoms with Gasteiger partial charge in [0, 0.05) is 25.2 Å². The number of halogens is 3. The predicted octanol–water partition coefficient (Wildman–Crippen LogP) is 0.833. The summed E-state index contributed by atoms with van der Waals surface area (Å²) in [7, 11) is 2.07. The molecule has 0 aliphatic carbocycles. The van der Waals surface area contributed by atoms with Gasteiger partial charge in [-0.2, -0.15) is 13.2 Å². The average Bonchev–Trinajstić information content (AvgIpc) is 2.50. The van der Waals surface area contributed by atoms with Gasteiger partial charge in [-0.3, -0.25) is 9.69 Å². The highest BCUT2D eigenvalue weighted by Crippen LogP contribution is 2.28. The number of fused-ring (bicyclic) bond motifs is 2. The maximum Gasteiger partial charge on any atom is 0.401 e. The molecule has 2 bridgehead atoms. The summed E-state index contributed by atoms with van der Waals surface area (Å²) >= 11 is 0. The number of rotatable bonds is 3.